The Morgan fingerprint density at radius 3 is 2.58 bits per heavy atom. The molecule has 3 aromatic rings. The highest BCUT2D eigenvalue weighted by Crippen LogP contribution is 2.34. The van der Waals surface area contributed by atoms with Crippen LogP contribution in [0.5, 0.6) is 11.5 Å². The van der Waals surface area contributed by atoms with Crippen LogP contribution < -0.4 is 14.2 Å². The molecule has 174 valence electrons. The maximum Gasteiger partial charge on any atom is 0.240 e. The molecule has 2 aliphatic rings. The van der Waals surface area contributed by atoms with Gasteiger partial charge < -0.3 is 9.47 Å². The highest BCUT2D eigenvalue weighted by Gasteiger charge is 2.27. The number of likely N-dealkylation sites (tertiary alicyclic amines) is 1. The smallest absolute Gasteiger partial charge is 0.240 e. The van der Waals surface area contributed by atoms with E-state index in [2.05, 4.69) is 9.62 Å². The summed E-state index contributed by atoms with van der Waals surface area (Å²) in [4.78, 5) is 2.67. The van der Waals surface area contributed by atoms with Gasteiger partial charge in [0.25, 0.3) is 0 Å². The molecule has 33 heavy (non-hydrogen) atoms. The molecule has 1 fully saturated rings. The first-order valence-electron chi connectivity index (χ1n) is 11.3. The zero-order valence-corrected chi connectivity index (χ0v) is 19.8. The van der Waals surface area contributed by atoms with Gasteiger partial charge in [-0.1, -0.05) is 41.9 Å². The van der Waals surface area contributed by atoms with Gasteiger partial charge in [-0.25, -0.2) is 13.1 Å². The zero-order chi connectivity index (χ0) is 22.8. The van der Waals surface area contributed by atoms with E-state index in [0.717, 1.165) is 49.0 Å². The minimum Gasteiger partial charge on any atom is -0.486 e. The van der Waals surface area contributed by atoms with E-state index in [0.29, 0.717) is 34.7 Å². The van der Waals surface area contributed by atoms with Gasteiger partial charge >= 0.3 is 0 Å². The molecule has 0 amide bonds. The highest BCUT2D eigenvalue weighted by atomic mass is 35.5. The van der Waals surface area contributed by atoms with Crippen LogP contribution >= 0.6 is 11.6 Å². The normalized spacial score (nSPS) is 19.6. The van der Waals surface area contributed by atoms with E-state index in [1.54, 1.807) is 24.3 Å². The molecule has 0 radical (unpaired) electrons. The first-order chi connectivity index (χ1) is 16.0. The van der Waals surface area contributed by atoms with Gasteiger partial charge in [0.2, 0.25) is 10.0 Å². The second-order valence-corrected chi connectivity index (χ2v) is 11.0. The van der Waals surface area contributed by atoms with E-state index in [-0.39, 0.29) is 6.10 Å². The van der Waals surface area contributed by atoms with Crippen LogP contribution in [0.1, 0.15) is 12.8 Å². The Hall–Kier alpha value is -2.32. The number of piperidine rings is 1. The van der Waals surface area contributed by atoms with Crippen LogP contribution in [0, 0.1) is 5.92 Å². The fourth-order valence-electron chi connectivity index (χ4n) is 4.49. The predicted octanol–water partition coefficient (Wildman–Crippen LogP) is 4.32. The molecule has 0 aromatic heterocycles. The Bertz CT molecular complexity index is 1240. The Morgan fingerprint density at radius 1 is 0.970 bits per heavy atom. The van der Waals surface area contributed by atoms with Crippen LogP contribution in [-0.4, -0.2) is 52.2 Å². The molecule has 0 spiro atoms. The van der Waals surface area contributed by atoms with Crippen LogP contribution in [0.4, 0.5) is 0 Å². The summed E-state index contributed by atoms with van der Waals surface area (Å²) < 4.78 is 40.3. The van der Waals surface area contributed by atoms with E-state index in [9.17, 15) is 8.42 Å². The molecule has 0 aliphatic carbocycles. The topological polar surface area (TPSA) is 67.9 Å². The quantitative estimate of drug-likeness (QED) is 0.562. The molecular weight excluding hydrogens is 460 g/mol. The summed E-state index contributed by atoms with van der Waals surface area (Å²) in [5.74, 6) is 1.74. The summed E-state index contributed by atoms with van der Waals surface area (Å²) in [7, 11) is -3.53. The maximum absolute atomic E-state index is 12.8. The van der Waals surface area contributed by atoms with Gasteiger partial charge in [-0.05, 0) is 66.9 Å². The van der Waals surface area contributed by atoms with Crippen molar-refractivity contribution in [3.63, 3.8) is 0 Å². The number of nitrogens with one attached hydrogen (secondary N) is 1. The van der Waals surface area contributed by atoms with Crippen molar-refractivity contribution in [3.8, 4) is 11.5 Å². The van der Waals surface area contributed by atoms with Crippen LogP contribution in [0.25, 0.3) is 10.8 Å². The van der Waals surface area contributed by atoms with Crippen molar-refractivity contribution in [2.75, 3.05) is 32.8 Å². The lowest BCUT2D eigenvalue weighted by molar-refractivity contribution is 0.0481. The number of benzene rings is 3. The molecular formula is C25H27ClN2O4S. The molecule has 0 unspecified atom stereocenters. The number of rotatable bonds is 6. The number of fused-ring (bicyclic) bond motifs is 2. The first-order valence-corrected chi connectivity index (χ1v) is 13.1. The molecule has 2 aliphatic heterocycles. The van der Waals surface area contributed by atoms with Crippen molar-refractivity contribution < 1.29 is 17.9 Å². The van der Waals surface area contributed by atoms with Gasteiger partial charge in [-0.3, -0.25) is 4.90 Å². The lowest BCUT2D eigenvalue weighted by Gasteiger charge is -2.35. The standard InChI is InChI=1S/C25H27ClN2O4S/c26-21-6-8-24-25(14-21)32-22(17-31-24)16-28-11-9-18(10-12-28)15-27-33(29,30)23-7-5-19-3-1-2-4-20(19)13-23/h1-8,13-14,18,22,27H,9-12,15-17H2/t22-/m0/s1. The molecule has 1 N–H and O–H groups in total. The minimum atomic E-state index is -3.53. The van der Waals surface area contributed by atoms with Gasteiger partial charge in [-0.15, -0.1) is 0 Å². The van der Waals surface area contributed by atoms with E-state index in [1.165, 1.54) is 0 Å². The highest BCUT2D eigenvalue weighted by molar-refractivity contribution is 7.89. The second-order valence-electron chi connectivity index (χ2n) is 8.75. The van der Waals surface area contributed by atoms with Crippen LogP contribution in [0.3, 0.4) is 0 Å². The average molecular weight is 487 g/mol. The number of sulfonamides is 1. The molecule has 2 heterocycles. The molecule has 0 bridgehead atoms. The Morgan fingerprint density at radius 2 is 1.76 bits per heavy atom. The lowest BCUT2D eigenvalue weighted by atomic mass is 9.97. The number of halogens is 1. The monoisotopic (exact) mass is 486 g/mol. The third-order valence-electron chi connectivity index (χ3n) is 6.39. The summed E-state index contributed by atoms with van der Waals surface area (Å²) >= 11 is 6.06. The number of hydrogen-bond acceptors (Lipinski definition) is 5. The molecule has 8 heteroatoms. The van der Waals surface area contributed by atoms with E-state index in [1.807, 2.05) is 36.4 Å². The average Bonchev–Trinajstić information content (AvgIpc) is 2.83. The lowest BCUT2D eigenvalue weighted by Crippen LogP contribution is -2.45. The number of hydrogen-bond donors (Lipinski definition) is 1. The maximum atomic E-state index is 12.8. The largest absolute Gasteiger partial charge is 0.486 e. The van der Waals surface area contributed by atoms with E-state index >= 15 is 0 Å². The number of nitrogens with zero attached hydrogens (tertiary/aromatic N) is 1. The van der Waals surface area contributed by atoms with Crippen LogP contribution in [0.2, 0.25) is 5.02 Å². The summed E-state index contributed by atoms with van der Waals surface area (Å²) in [5.41, 5.74) is 0. The number of ether oxygens (including phenoxy) is 2. The Labute approximate surface area is 199 Å². The summed E-state index contributed by atoms with van der Waals surface area (Å²) in [6.45, 7) is 3.56. The van der Waals surface area contributed by atoms with Gasteiger partial charge in [0, 0.05) is 24.2 Å². The van der Waals surface area contributed by atoms with Crippen molar-refractivity contribution in [2.45, 2.75) is 23.8 Å². The van der Waals surface area contributed by atoms with Crippen LogP contribution in [-0.2, 0) is 10.0 Å². The molecule has 1 atom stereocenters. The Kier molecular flexibility index (Phi) is 6.47. The first kappa shape index (κ1) is 22.5. The minimum absolute atomic E-state index is 0.0427. The Balaban J connectivity index is 1.11. The summed E-state index contributed by atoms with van der Waals surface area (Å²) in [6, 6.07) is 18.4. The van der Waals surface area contributed by atoms with E-state index < -0.39 is 10.0 Å². The SMILES string of the molecule is O=S(=O)(NCC1CCN(C[C@H]2COc3ccc(Cl)cc3O2)CC1)c1ccc2ccccc2c1. The molecule has 3 aromatic carbocycles. The third kappa shape index (κ3) is 5.27. The van der Waals surface area contributed by atoms with E-state index in [4.69, 9.17) is 21.1 Å². The summed E-state index contributed by atoms with van der Waals surface area (Å²) in [6.07, 6.45) is 1.84. The fourth-order valence-corrected chi connectivity index (χ4v) is 5.80. The van der Waals surface area contributed by atoms with Gasteiger partial charge in [0.1, 0.15) is 12.7 Å². The zero-order valence-electron chi connectivity index (χ0n) is 18.2. The second kappa shape index (κ2) is 9.50. The summed E-state index contributed by atoms with van der Waals surface area (Å²) in [5, 5.41) is 2.58. The molecule has 5 rings (SSSR count). The fraction of sp³-hybridized carbons (Fsp3) is 0.360. The molecule has 0 saturated carbocycles. The van der Waals surface area contributed by atoms with Crippen LogP contribution in [0.15, 0.2) is 65.6 Å². The van der Waals surface area contributed by atoms with Crippen molar-refractivity contribution >= 4 is 32.4 Å². The van der Waals surface area contributed by atoms with Gasteiger partial charge in [-0.2, -0.15) is 0 Å². The van der Waals surface area contributed by atoms with Gasteiger partial charge in [0.15, 0.2) is 11.5 Å². The molecule has 6 nitrogen and oxygen atoms in total. The predicted molar refractivity (Wildman–Crippen MR) is 130 cm³/mol. The third-order valence-corrected chi connectivity index (χ3v) is 8.04. The van der Waals surface area contributed by atoms with Gasteiger partial charge in [0.05, 0.1) is 4.90 Å². The van der Waals surface area contributed by atoms with Crippen molar-refractivity contribution in [1.82, 2.24) is 9.62 Å². The molecule has 1 saturated heterocycles. The van der Waals surface area contributed by atoms with Crippen molar-refractivity contribution in [2.24, 2.45) is 5.92 Å². The van der Waals surface area contributed by atoms with Crippen molar-refractivity contribution in [1.29, 1.82) is 0 Å². The van der Waals surface area contributed by atoms with Crippen molar-refractivity contribution in [3.05, 3.63) is 65.7 Å².